The summed E-state index contributed by atoms with van der Waals surface area (Å²) in [7, 11) is 0. The minimum Gasteiger partial charge on any atom is -0.297 e. The lowest BCUT2D eigenvalue weighted by Gasteiger charge is -1.98. The van der Waals surface area contributed by atoms with Crippen molar-refractivity contribution in [3.63, 3.8) is 0 Å². The Labute approximate surface area is 137 Å². The van der Waals surface area contributed by atoms with Crippen molar-refractivity contribution in [2.75, 3.05) is 0 Å². The highest BCUT2D eigenvalue weighted by molar-refractivity contribution is 7.17. The standard InChI is InChI=1S/C18H13ClN2S/c19-15-8-6-13(7-9-15)10-16-11-21-12-17(20-18(21)22-16)14-4-2-1-3-5-14/h1-9,11-12H,10H2. The van der Waals surface area contributed by atoms with Gasteiger partial charge in [0.05, 0.1) is 5.69 Å². The summed E-state index contributed by atoms with van der Waals surface area (Å²) >= 11 is 7.66. The average Bonchev–Trinajstić information content (AvgIpc) is 3.09. The molecule has 0 saturated heterocycles. The van der Waals surface area contributed by atoms with E-state index in [1.165, 1.54) is 10.4 Å². The molecule has 4 heteroatoms. The van der Waals surface area contributed by atoms with Gasteiger partial charge in [-0.25, -0.2) is 4.98 Å². The predicted octanol–water partition coefficient (Wildman–Crippen LogP) is 5.31. The topological polar surface area (TPSA) is 17.3 Å². The molecule has 0 fully saturated rings. The second-order valence-electron chi connectivity index (χ2n) is 5.18. The van der Waals surface area contributed by atoms with Crippen molar-refractivity contribution in [2.24, 2.45) is 0 Å². The molecule has 22 heavy (non-hydrogen) atoms. The maximum Gasteiger partial charge on any atom is 0.194 e. The molecule has 0 aliphatic rings. The van der Waals surface area contributed by atoms with Crippen LogP contribution in [0.1, 0.15) is 10.4 Å². The molecule has 0 N–H and O–H groups in total. The highest BCUT2D eigenvalue weighted by Crippen LogP contribution is 2.25. The summed E-state index contributed by atoms with van der Waals surface area (Å²) in [6.45, 7) is 0. The van der Waals surface area contributed by atoms with E-state index in [0.29, 0.717) is 0 Å². The number of imidazole rings is 1. The monoisotopic (exact) mass is 324 g/mol. The van der Waals surface area contributed by atoms with Crippen molar-refractivity contribution in [3.05, 3.63) is 82.5 Å². The van der Waals surface area contributed by atoms with Gasteiger partial charge in [-0.1, -0.05) is 54.1 Å². The Morgan fingerprint density at radius 1 is 0.955 bits per heavy atom. The number of benzene rings is 2. The Morgan fingerprint density at radius 3 is 2.45 bits per heavy atom. The van der Waals surface area contributed by atoms with E-state index in [1.54, 1.807) is 11.3 Å². The summed E-state index contributed by atoms with van der Waals surface area (Å²) in [6.07, 6.45) is 5.16. The first-order valence-electron chi connectivity index (χ1n) is 7.05. The van der Waals surface area contributed by atoms with Crippen LogP contribution in [0.15, 0.2) is 67.0 Å². The van der Waals surface area contributed by atoms with Gasteiger partial charge in [0.15, 0.2) is 4.96 Å². The number of halogens is 1. The number of hydrogen-bond donors (Lipinski definition) is 0. The Hall–Kier alpha value is -2.10. The summed E-state index contributed by atoms with van der Waals surface area (Å²) in [5, 5.41) is 0.775. The van der Waals surface area contributed by atoms with Crippen LogP contribution in [-0.2, 0) is 6.42 Å². The van der Waals surface area contributed by atoms with Gasteiger partial charge in [0, 0.05) is 34.3 Å². The third kappa shape index (κ3) is 2.65. The quantitative estimate of drug-likeness (QED) is 0.499. The lowest BCUT2D eigenvalue weighted by Crippen LogP contribution is -1.84. The number of rotatable bonds is 3. The molecule has 0 amide bonds. The van der Waals surface area contributed by atoms with Crippen LogP contribution in [0.5, 0.6) is 0 Å². The summed E-state index contributed by atoms with van der Waals surface area (Å²) < 4.78 is 2.11. The molecule has 2 nitrogen and oxygen atoms in total. The normalized spacial score (nSPS) is 11.1. The molecule has 0 bridgehead atoms. The Morgan fingerprint density at radius 2 is 1.73 bits per heavy atom. The van der Waals surface area contributed by atoms with Gasteiger partial charge in [0.2, 0.25) is 0 Å². The fraction of sp³-hybridized carbons (Fsp3) is 0.0556. The van der Waals surface area contributed by atoms with Gasteiger partial charge in [-0.3, -0.25) is 4.40 Å². The van der Waals surface area contributed by atoms with E-state index in [1.807, 2.05) is 30.3 Å². The third-order valence-electron chi connectivity index (χ3n) is 3.56. The van der Waals surface area contributed by atoms with E-state index < -0.39 is 0 Å². The first-order chi connectivity index (χ1) is 10.8. The van der Waals surface area contributed by atoms with Gasteiger partial charge < -0.3 is 0 Å². The van der Waals surface area contributed by atoms with Crippen molar-refractivity contribution in [1.82, 2.24) is 9.38 Å². The molecule has 4 rings (SSSR count). The van der Waals surface area contributed by atoms with E-state index in [-0.39, 0.29) is 0 Å². The molecular weight excluding hydrogens is 312 g/mol. The van der Waals surface area contributed by atoms with Gasteiger partial charge in [-0.05, 0) is 17.7 Å². The minimum absolute atomic E-state index is 0.775. The average molecular weight is 325 g/mol. The highest BCUT2D eigenvalue weighted by atomic mass is 35.5. The van der Waals surface area contributed by atoms with Crippen molar-refractivity contribution < 1.29 is 0 Å². The molecule has 0 unspecified atom stereocenters. The van der Waals surface area contributed by atoms with Crippen molar-refractivity contribution in [2.45, 2.75) is 6.42 Å². The zero-order chi connectivity index (χ0) is 14.9. The Bertz CT molecular complexity index is 876. The summed E-state index contributed by atoms with van der Waals surface area (Å²) in [5.41, 5.74) is 3.43. The van der Waals surface area contributed by atoms with Crippen LogP contribution in [0.4, 0.5) is 0 Å². The second kappa shape index (κ2) is 5.59. The van der Waals surface area contributed by atoms with Gasteiger partial charge in [0.1, 0.15) is 0 Å². The second-order valence-corrected chi connectivity index (χ2v) is 6.71. The molecule has 2 aromatic heterocycles. The van der Waals surface area contributed by atoms with Crippen molar-refractivity contribution in [1.29, 1.82) is 0 Å². The Kier molecular flexibility index (Phi) is 3.45. The molecular formula is C18H13ClN2S. The molecule has 0 aliphatic carbocycles. The molecule has 0 atom stereocenters. The van der Waals surface area contributed by atoms with Crippen LogP contribution in [0, 0.1) is 0 Å². The molecule has 4 aromatic rings. The number of hydrogen-bond acceptors (Lipinski definition) is 2. The van der Waals surface area contributed by atoms with Gasteiger partial charge in [-0.15, -0.1) is 11.3 Å². The number of thiazole rings is 1. The SMILES string of the molecule is Clc1ccc(Cc2cn3cc(-c4ccccc4)nc3s2)cc1. The zero-order valence-corrected chi connectivity index (χ0v) is 13.3. The fourth-order valence-corrected chi connectivity index (χ4v) is 3.60. The molecule has 0 aliphatic heterocycles. The Balaban J connectivity index is 1.62. The van der Waals surface area contributed by atoms with Crippen molar-refractivity contribution >= 4 is 27.9 Å². The molecule has 2 aromatic carbocycles. The van der Waals surface area contributed by atoms with Gasteiger partial charge >= 0.3 is 0 Å². The van der Waals surface area contributed by atoms with Gasteiger partial charge in [0.25, 0.3) is 0 Å². The van der Waals surface area contributed by atoms with E-state index >= 15 is 0 Å². The van der Waals surface area contributed by atoms with Crippen LogP contribution in [0.3, 0.4) is 0 Å². The van der Waals surface area contributed by atoms with Crippen LogP contribution < -0.4 is 0 Å². The number of fused-ring (bicyclic) bond motifs is 1. The fourth-order valence-electron chi connectivity index (χ4n) is 2.48. The number of aromatic nitrogens is 2. The van der Waals surface area contributed by atoms with E-state index in [2.05, 4.69) is 41.1 Å². The maximum absolute atomic E-state index is 5.93. The predicted molar refractivity (Wildman–Crippen MR) is 92.8 cm³/mol. The first-order valence-corrected chi connectivity index (χ1v) is 8.25. The first kappa shape index (κ1) is 13.6. The lowest BCUT2D eigenvalue weighted by atomic mass is 10.1. The molecule has 0 radical (unpaired) electrons. The summed E-state index contributed by atoms with van der Waals surface area (Å²) in [5.74, 6) is 0. The molecule has 2 heterocycles. The largest absolute Gasteiger partial charge is 0.297 e. The van der Waals surface area contributed by atoms with E-state index in [9.17, 15) is 0 Å². The van der Waals surface area contributed by atoms with Crippen LogP contribution in [0.25, 0.3) is 16.2 Å². The minimum atomic E-state index is 0.775. The third-order valence-corrected chi connectivity index (χ3v) is 4.81. The lowest BCUT2D eigenvalue weighted by molar-refractivity contribution is 1.16. The van der Waals surface area contributed by atoms with Gasteiger partial charge in [-0.2, -0.15) is 0 Å². The number of nitrogens with zero attached hydrogens (tertiary/aromatic N) is 2. The zero-order valence-electron chi connectivity index (χ0n) is 11.7. The smallest absolute Gasteiger partial charge is 0.194 e. The van der Waals surface area contributed by atoms with Crippen LogP contribution in [0.2, 0.25) is 5.02 Å². The molecule has 0 saturated carbocycles. The highest BCUT2D eigenvalue weighted by Gasteiger charge is 2.08. The molecule has 0 spiro atoms. The maximum atomic E-state index is 5.93. The molecule has 108 valence electrons. The van der Waals surface area contributed by atoms with E-state index in [0.717, 1.165) is 27.7 Å². The van der Waals surface area contributed by atoms with Crippen LogP contribution in [-0.4, -0.2) is 9.38 Å². The van der Waals surface area contributed by atoms with Crippen molar-refractivity contribution in [3.8, 4) is 11.3 Å². The summed E-state index contributed by atoms with van der Waals surface area (Å²) in [4.78, 5) is 7.05. The van der Waals surface area contributed by atoms with Crippen LogP contribution >= 0.6 is 22.9 Å². The summed E-state index contributed by atoms with van der Waals surface area (Å²) in [6, 6.07) is 18.3. The van der Waals surface area contributed by atoms with E-state index in [4.69, 9.17) is 16.6 Å².